The number of nitrogens with one attached hydrogen (secondary N) is 1. The van der Waals surface area contributed by atoms with E-state index in [1.54, 1.807) is 0 Å². The first-order valence-electron chi connectivity index (χ1n) is 6.50. The van der Waals surface area contributed by atoms with Gasteiger partial charge in [0.05, 0.1) is 17.4 Å². The van der Waals surface area contributed by atoms with E-state index in [2.05, 4.69) is 30.2 Å². The van der Waals surface area contributed by atoms with Crippen molar-refractivity contribution in [3.63, 3.8) is 0 Å². The molecule has 0 unspecified atom stereocenters. The van der Waals surface area contributed by atoms with E-state index in [9.17, 15) is 4.79 Å². The lowest BCUT2D eigenvalue weighted by molar-refractivity contribution is -0.139. The van der Waals surface area contributed by atoms with E-state index in [0.29, 0.717) is 18.4 Å². The molecule has 1 aromatic heterocycles. The van der Waals surface area contributed by atoms with Crippen LogP contribution in [0.5, 0.6) is 0 Å². The Morgan fingerprint density at radius 2 is 2.26 bits per heavy atom. The minimum atomic E-state index is -0.195. The molecule has 1 aromatic rings. The summed E-state index contributed by atoms with van der Waals surface area (Å²) in [7, 11) is 0. The van der Waals surface area contributed by atoms with Crippen molar-refractivity contribution in [1.29, 1.82) is 0 Å². The first kappa shape index (κ1) is 16.0. The van der Waals surface area contributed by atoms with Crippen molar-refractivity contribution in [2.24, 2.45) is 0 Å². The summed E-state index contributed by atoms with van der Waals surface area (Å²) in [5, 5.41) is 4.24. The molecule has 1 heterocycles. The van der Waals surface area contributed by atoms with Crippen molar-refractivity contribution < 1.29 is 9.53 Å². The largest absolute Gasteiger partial charge is 0.465 e. The summed E-state index contributed by atoms with van der Waals surface area (Å²) in [6, 6.07) is 2.56. The van der Waals surface area contributed by atoms with Gasteiger partial charge in [-0.1, -0.05) is 31.7 Å². The first-order chi connectivity index (χ1) is 9.02. The van der Waals surface area contributed by atoms with Gasteiger partial charge in [-0.3, -0.25) is 4.79 Å². The lowest BCUT2D eigenvalue weighted by Crippen LogP contribution is -2.21. The van der Waals surface area contributed by atoms with Crippen LogP contribution >= 0.6 is 11.8 Å². The van der Waals surface area contributed by atoms with E-state index in [1.807, 2.05) is 20.0 Å². The maximum atomic E-state index is 11.3. The van der Waals surface area contributed by atoms with Gasteiger partial charge in [0.1, 0.15) is 0 Å². The Hall–Kier alpha value is -1.07. The monoisotopic (exact) mass is 282 g/mol. The molecular formula is C14H22N2O2S. The molecule has 0 saturated carbocycles. The third-order valence-corrected chi connectivity index (χ3v) is 3.51. The Kier molecular flexibility index (Phi) is 6.87. The Bertz CT molecular complexity index is 422. The minimum Gasteiger partial charge on any atom is -0.465 e. The highest BCUT2D eigenvalue weighted by Gasteiger charge is 2.07. The number of carbonyl (C=O) groups excluding carboxylic acids is 1. The van der Waals surface area contributed by atoms with Gasteiger partial charge in [0, 0.05) is 18.8 Å². The number of hydrogen-bond acceptors (Lipinski definition) is 5. The van der Waals surface area contributed by atoms with Gasteiger partial charge in [-0.15, -0.1) is 0 Å². The van der Waals surface area contributed by atoms with Crippen molar-refractivity contribution in [1.82, 2.24) is 10.3 Å². The number of esters is 1. The van der Waals surface area contributed by atoms with Crippen LogP contribution in [0.3, 0.4) is 0 Å². The van der Waals surface area contributed by atoms with Crippen molar-refractivity contribution in [3.05, 3.63) is 23.4 Å². The summed E-state index contributed by atoms with van der Waals surface area (Å²) in [4.78, 5) is 15.7. The van der Waals surface area contributed by atoms with Crippen molar-refractivity contribution in [3.8, 4) is 0 Å². The molecule has 0 aromatic carbocycles. The van der Waals surface area contributed by atoms with E-state index in [0.717, 1.165) is 22.7 Å². The maximum Gasteiger partial charge on any atom is 0.316 e. The van der Waals surface area contributed by atoms with Gasteiger partial charge in [0.25, 0.3) is 0 Å². The quantitative estimate of drug-likeness (QED) is 0.615. The van der Waals surface area contributed by atoms with Gasteiger partial charge >= 0.3 is 5.97 Å². The van der Waals surface area contributed by atoms with Crippen LogP contribution < -0.4 is 5.32 Å². The highest BCUT2D eigenvalue weighted by molar-refractivity contribution is 7.99. The van der Waals surface area contributed by atoms with Gasteiger partial charge in [-0.25, -0.2) is 4.98 Å². The third kappa shape index (κ3) is 6.07. The van der Waals surface area contributed by atoms with Gasteiger partial charge in [0.15, 0.2) is 0 Å². The number of aryl methyl sites for hydroxylation is 1. The average molecular weight is 282 g/mol. The minimum absolute atomic E-state index is 0.195. The van der Waals surface area contributed by atoms with Crippen LogP contribution in [0.1, 0.15) is 31.9 Å². The number of nitrogens with zero attached hydrogens (tertiary/aromatic N) is 1. The van der Waals surface area contributed by atoms with E-state index in [4.69, 9.17) is 4.74 Å². The SMILES string of the molecule is CCOC(=O)CSc1ncc(CNC(C)C)cc1C. The molecule has 1 N–H and O–H groups in total. The van der Waals surface area contributed by atoms with Crippen LogP contribution in [0.2, 0.25) is 0 Å². The summed E-state index contributed by atoms with van der Waals surface area (Å²) < 4.78 is 4.89. The van der Waals surface area contributed by atoms with Crippen molar-refractivity contribution in [2.45, 2.75) is 45.3 Å². The number of carbonyl (C=O) groups is 1. The summed E-state index contributed by atoms with van der Waals surface area (Å²) in [5.74, 6) is 0.116. The Balaban J connectivity index is 2.54. The van der Waals surface area contributed by atoms with E-state index in [-0.39, 0.29) is 5.97 Å². The fourth-order valence-electron chi connectivity index (χ4n) is 1.52. The highest BCUT2D eigenvalue weighted by atomic mass is 32.2. The van der Waals surface area contributed by atoms with Crippen LogP contribution in [0.15, 0.2) is 17.3 Å². The summed E-state index contributed by atoms with van der Waals surface area (Å²) in [5.41, 5.74) is 2.25. The number of rotatable bonds is 7. The fraction of sp³-hybridized carbons (Fsp3) is 0.571. The summed E-state index contributed by atoms with van der Waals surface area (Å²) in [6.45, 7) is 9.29. The maximum absolute atomic E-state index is 11.3. The number of ether oxygens (including phenoxy) is 1. The molecule has 0 saturated heterocycles. The highest BCUT2D eigenvalue weighted by Crippen LogP contribution is 2.20. The zero-order valence-corrected chi connectivity index (χ0v) is 12.8. The third-order valence-electron chi connectivity index (χ3n) is 2.43. The predicted molar refractivity (Wildman–Crippen MR) is 78.3 cm³/mol. The summed E-state index contributed by atoms with van der Waals surface area (Å²) >= 11 is 1.42. The summed E-state index contributed by atoms with van der Waals surface area (Å²) in [6.07, 6.45) is 1.86. The van der Waals surface area contributed by atoms with Crippen LogP contribution in [-0.4, -0.2) is 29.4 Å². The van der Waals surface area contributed by atoms with Gasteiger partial charge in [-0.2, -0.15) is 0 Å². The van der Waals surface area contributed by atoms with Gasteiger partial charge < -0.3 is 10.1 Å². The van der Waals surface area contributed by atoms with Crippen LogP contribution in [0, 0.1) is 6.92 Å². The van der Waals surface area contributed by atoms with Crippen molar-refractivity contribution in [2.75, 3.05) is 12.4 Å². The Morgan fingerprint density at radius 3 is 2.84 bits per heavy atom. The second-order valence-corrected chi connectivity index (χ2v) is 5.56. The second kappa shape index (κ2) is 8.17. The topological polar surface area (TPSA) is 51.2 Å². The molecule has 0 fully saturated rings. The molecule has 4 nitrogen and oxygen atoms in total. The molecule has 0 radical (unpaired) electrons. The molecule has 106 valence electrons. The molecule has 0 bridgehead atoms. The molecule has 0 atom stereocenters. The molecule has 0 aliphatic rings. The van der Waals surface area contributed by atoms with Crippen molar-refractivity contribution >= 4 is 17.7 Å². The molecule has 19 heavy (non-hydrogen) atoms. The number of pyridine rings is 1. The Labute approximate surface area is 119 Å². The predicted octanol–water partition coefficient (Wildman–Crippen LogP) is 2.54. The standard InChI is InChI=1S/C14H22N2O2S/c1-5-18-13(17)9-19-14-11(4)6-12(8-16-14)7-15-10(2)3/h6,8,10,15H,5,7,9H2,1-4H3. The van der Waals surface area contributed by atoms with Crippen LogP contribution in [0.25, 0.3) is 0 Å². The smallest absolute Gasteiger partial charge is 0.316 e. The lowest BCUT2D eigenvalue weighted by atomic mass is 10.2. The van der Waals surface area contributed by atoms with Gasteiger partial charge in [-0.05, 0) is 25.0 Å². The van der Waals surface area contributed by atoms with Crippen LogP contribution in [0.4, 0.5) is 0 Å². The zero-order chi connectivity index (χ0) is 14.3. The van der Waals surface area contributed by atoms with E-state index in [1.165, 1.54) is 11.8 Å². The van der Waals surface area contributed by atoms with E-state index < -0.39 is 0 Å². The van der Waals surface area contributed by atoms with Gasteiger partial charge in [0.2, 0.25) is 0 Å². The number of hydrogen-bond donors (Lipinski definition) is 1. The molecular weight excluding hydrogens is 260 g/mol. The molecule has 0 aliphatic heterocycles. The normalized spacial score (nSPS) is 10.8. The number of thioether (sulfide) groups is 1. The lowest BCUT2D eigenvalue weighted by Gasteiger charge is -2.10. The molecule has 5 heteroatoms. The molecule has 0 spiro atoms. The van der Waals surface area contributed by atoms with E-state index >= 15 is 0 Å². The first-order valence-corrected chi connectivity index (χ1v) is 7.48. The number of aromatic nitrogens is 1. The fourth-order valence-corrected chi connectivity index (χ4v) is 2.27. The second-order valence-electron chi connectivity index (χ2n) is 4.59. The average Bonchev–Trinajstić information content (AvgIpc) is 2.35. The molecule has 0 amide bonds. The molecule has 0 aliphatic carbocycles. The van der Waals surface area contributed by atoms with Crippen LogP contribution in [-0.2, 0) is 16.1 Å². The zero-order valence-electron chi connectivity index (χ0n) is 12.0. The Morgan fingerprint density at radius 1 is 1.53 bits per heavy atom. The molecule has 1 rings (SSSR count).